The monoisotopic (exact) mass is 648 g/mol. The Labute approximate surface area is 284 Å². The van der Waals surface area contributed by atoms with Gasteiger partial charge in [0.15, 0.2) is 6.29 Å². The van der Waals surface area contributed by atoms with Crippen LogP contribution in [0, 0.1) is 5.92 Å². The Hall–Kier alpha value is -4.05. The summed E-state index contributed by atoms with van der Waals surface area (Å²) in [7, 11) is 0. The Morgan fingerprint density at radius 1 is 0.750 bits per heavy atom. The van der Waals surface area contributed by atoms with E-state index in [9.17, 15) is 9.90 Å². The molecule has 0 bridgehead atoms. The molecule has 0 radical (unpaired) electrons. The molecule has 2 amide bonds. The van der Waals surface area contributed by atoms with Gasteiger partial charge in [-0.15, -0.1) is 0 Å². The van der Waals surface area contributed by atoms with E-state index in [2.05, 4.69) is 106 Å². The van der Waals surface area contributed by atoms with Crippen LogP contribution in [0.3, 0.4) is 0 Å². The highest BCUT2D eigenvalue weighted by Crippen LogP contribution is 2.42. The van der Waals surface area contributed by atoms with Crippen molar-refractivity contribution in [3.63, 3.8) is 0 Å². The van der Waals surface area contributed by atoms with Gasteiger partial charge in [-0.3, -0.25) is 9.80 Å². The van der Waals surface area contributed by atoms with Crippen molar-refractivity contribution in [1.29, 1.82) is 0 Å². The third kappa shape index (κ3) is 8.69. The van der Waals surface area contributed by atoms with Crippen molar-refractivity contribution in [3.05, 3.63) is 131 Å². The van der Waals surface area contributed by atoms with Crippen LogP contribution in [0.2, 0.25) is 0 Å². The average Bonchev–Trinajstić information content (AvgIpc) is 3.13. The third-order valence-corrected chi connectivity index (χ3v) is 9.48. The number of carbonyl (C=O) groups excluding carboxylic acids is 1. The Morgan fingerprint density at radius 2 is 1.44 bits per heavy atom. The van der Waals surface area contributed by atoms with Crippen molar-refractivity contribution in [3.8, 4) is 11.1 Å². The molecule has 2 aliphatic rings. The number of aliphatic hydroxyl groups is 1. The van der Waals surface area contributed by atoms with Gasteiger partial charge in [0.05, 0.1) is 18.8 Å². The summed E-state index contributed by atoms with van der Waals surface area (Å²) in [6.45, 7) is 11.1. The first-order chi connectivity index (χ1) is 23.5. The summed E-state index contributed by atoms with van der Waals surface area (Å²) < 4.78 is 13.6. The number of nitrogens with zero attached hydrogens (tertiary/aromatic N) is 2. The highest BCUT2D eigenvalue weighted by atomic mass is 16.7. The van der Waals surface area contributed by atoms with Crippen LogP contribution >= 0.6 is 0 Å². The summed E-state index contributed by atoms with van der Waals surface area (Å²) in [4.78, 5) is 17.0. The molecule has 4 aromatic carbocycles. The molecule has 4 atom stereocenters. The van der Waals surface area contributed by atoms with Crippen molar-refractivity contribution in [1.82, 2.24) is 20.4 Å². The highest BCUT2D eigenvalue weighted by Gasteiger charge is 2.39. The fourth-order valence-corrected chi connectivity index (χ4v) is 6.69. The van der Waals surface area contributed by atoms with Gasteiger partial charge in [0, 0.05) is 63.8 Å². The number of hydrogen-bond donors (Lipinski definition) is 3. The van der Waals surface area contributed by atoms with E-state index in [4.69, 9.17) is 9.47 Å². The fourth-order valence-electron chi connectivity index (χ4n) is 6.69. The van der Waals surface area contributed by atoms with E-state index in [-0.39, 0.29) is 30.8 Å². The van der Waals surface area contributed by atoms with Crippen molar-refractivity contribution >= 4 is 6.03 Å². The Kier molecular flexibility index (Phi) is 11.5. The van der Waals surface area contributed by atoms with Crippen LogP contribution in [0.25, 0.3) is 11.1 Å². The molecule has 0 spiro atoms. The van der Waals surface area contributed by atoms with Crippen LogP contribution in [-0.4, -0.2) is 66.3 Å². The summed E-state index contributed by atoms with van der Waals surface area (Å²) >= 11 is 0. The number of amides is 2. The van der Waals surface area contributed by atoms with Gasteiger partial charge in [0.25, 0.3) is 0 Å². The highest BCUT2D eigenvalue weighted by molar-refractivity contribution is 5.74. The molecule has 8 nitrogen and oxygen atoms in total. The van der Waals surface area contributed by atoms with Crippen molar-refractivity contribution in [2.45, 2.75) is 52.0 Å². The molecule has 4 aromatic rings. The summed E-state index contributed by atoms with van der Waals surface area (Å²) in [5.41, 5.74) is 7.46. The molecule has 0 saturated carbocycles. The Balaban J connectivity index is 1.18. The second-order valence-corrected chi connectivity index (χ2v) is 12.9. The first-order valence-electron chi connectivity index (χ1n) is 17.2. The zero-order valence-electron chi connectivity index (χ0n) is 28.1. The van der Waals surface area contributed by atoms with Gasteiger partial charge < -0.3 is 25.2 Å². The predicted molar refractivity (Wildman–Crippen MR) is 189 cm³/mol. The van der Waals surface area contributed by atoms with Crippen LogP contribution in [0.5, 0.6) is 0 Å². The zero-order chi connectivity index (χ0) is 33.3. The molecule has 252 valence electrons. The summed E-state index contributed by atoms with van der Waals surface area (Å²) in [6.07, 6.45) is -0.719. The number of urea groups is 1. The van der Waals surface area contributed by atoms with Crippen LogP contribution in [0.15, 0.2) is 103 Å². The van der Waals surface area contributed by atoms with Crippen molar-refractivity contribution in [2.75, 3.05) is 39.3 Å². The molecule has 2 fully saturated rings. The summed E-state index contributed by atoms with van der Waals surface area (Å²) in [6, 6.07) is 35.3. The largest absolute Gasteiger partial charge is 0.392 e. The predicted octanol–water partition coefficient (Wildman–Crippen LogP) is 6.27. The first-order valence-corrected chi connectivity index (χ1v) is 17.2. The van der Waals surface area contributed by atoms with Gasteiger partial charge in [0.2, 0.25) is 0 Å². The van der Waals surface area contributed by atoms with Gasteiger partial charge in [-0.1, -0.05) is 97.9 Å². The molecule has 0 aromatic heterocycles. The number of piperazine rings is 1. The molecule has 2 aliphatic heterocycles. The maximum atomic E-state index is 11.9. The van der Waals surface area contributed by atoms with Gasteiger partial charge in [-0.2, -0.15) is 0 Å². The van der Waals surface area contributed by atoms with Gasteiger partial charge in [-0.05, 0) is 52.4 Å². The normalized spacial score (nSPS) is 21.9. The van der Waals surface area contributed by atoms with Crippen LogP contribution in [-0.2, 0) is 29.2 Å². The molecule has 2 saturated heterocycles. The maximum Gasteiger partial charge on any atom is 0.315 e. The smallest absolute Gasteiger partial charge is 0.315 e. The van der Waals surface area contributed by atoms with E-state index in [1.165, 1.54) is 5.56 Å². The van der Waals surface area contributed by atoms with Gasteiger partial charge in [-0.25, -0.2) is 4.79 Å². The minimum Gasteiger partial charge on any atom is -0.392 e. The van der Waals surface area contributed by atoms with E-state index in [1.54, 1.807) is 0 Å². The Morgan fingerprint density at radius 3 is 2.17 bits per heavy atom. The second-order valence-electron chi connectivity index (χ2n) is 12.9. The number of hydrogen-bond acceptors (Lipinski definition) is 6. The number of ether oxygens (including phenoxy) is 2. The summed E-state index contributed by atoms with van der Waals surface area (Å²) in [5.74, 6) is 0.126. The van der Waals surface area contributed by atoms with E-state index in [0.29, 0.717) is 13.1 Å². The van der Waals surface area contributed by atoms with Crippen LogP contribution in [0.4, 0.5) is 4.79 Å². The minimum atomic E-state index is -0.532. The summed E-state index contributed by atoms with van der Waals surface area (Å²) in [5, 5.41) is 15.3. The molecule has 4 unspecified atom stereocenters. The SMILES string of the molecule is CCNC(=O)NCc1cccc(-c2cccc(C3OC(CN4CCN(Cc5ccccc5)CC4)C(C)C(c4ccc(CO)cc4)O3)c2)c1. The number of aliphatic hydroxyl groups excluding tert-OH is 1. The van der Waals surface area contributed by atoms with E-state index < -0.39 is 6.29 Å². The van der Waals surface area contributed by atoms with Gasteiger partial charge >= 0.3 is 6.03 Å². The molecule has 3 N–H and O–H groups in total. The molecular formula is C40H48N4O4. The van der Waals surface area contributed by atoms with Gasteiger partial charge in [0.1, 0.15) is 0 Å². The van der Waals surface area contributed by atoms with E-state index in [1.807, 2.05) is 31.2 Å². The van der Waals surface area contributed by atoms with E-state index in [0.717, 1.165) is 72.6 Å². The standard InChI is InChI=1S/C40H48N4O4/c1-3-41-40(46)42-25-32-11-7-12-34(23-32)35-13-8-14-36(24-35)39-47-37(29(2)38(48-39)33-17-15-31(28-45)16-18-33)27-44-21-19-43(20-22-44)26-30-9-5-4-6-10-30/h4-18,23-24,29,37-39,45H,3,19-22,25-28H2,1-2H3,(H2,41,42,46). The van der Waals surface area contributed by atoms with Crippen molar-refractivity contribution in [2.24, 2.45) is 5.92 Å². The lowest BCUT2D eigenvalue weighted by atomic mass is 9.89. The number of nitrogens with one attached hydrogen (secondary N) is 2. The maximum absolute atomic E-state index is 11.9. The molecule has 6 rings (SSSR count). The quantitative estimate of drug-likeness (QED) is 0.178. The topological polar surface area (TPSA) is 86.3 Å². The number of rotatable bonds is 11. The second kappa shape index (κ2) is 16.4. The zero-order valence-corrected chi connectivity index (χ0v) is 28.1. The van der Waals surface area contributed by atoms with Crippen molar-refractivity contribution < 1.29 is 19.4 Å². The van der Waals surface area contributed by atoms with Crippen LogP contribution in [0.1, 0.15) is 54.1 Å². The average molecular weight is 649 g/mol. The van der Waals surface area contributed by atoms with Crippen LogP contribution < -0.4 is 10.6 Å². The molecule has 0 aliphatic carbocycles. The van der Waals surface area contributed by atoms with E-state index >= 15 is 0 Å². The minimum absolute atomic E-state index is 0.0158. The lowest BCUT2D eigenvalue weighted by molar-refractivity contribution is -0.276. The molecular weight excluding hydrogens is 600 g/mol. The Bertz CT molecular complexity index is 1610. The fraction of sp³-hybridized carbons (Fsp3) is 0.375. The molecule has 2 heterocycles. The lowest BCUT2D eigenvalue weighted by Gasteiger charge is -2.44. The number of carbonyl (C=O) groups is 1. The first kappa shape index (κ1) is 33.8. The molecule has 48 heavy (non-hydrogen) atoms. The molecule has 8 heteroatoms. The number of benzene rings is 4. The lowest BCUT2D eigenvalue weighted by Crippen LogP contribution is -2.51. The third-order valence-electron chi connectivity index (χ3n) is 9.48.